The van der Waals surface area contributed by atoms with Gasteiger partial charge in [0, 0.05) is 57.9 Å². The Balaban J connectivity index is 1.79. The fourth-order valence-electron chi connectivity index (χ4n) is 4.04. The molecular weight excluding hydrogens is 344 g/mol. The average Bonchev–Trinajstić information content (AvgIpc) is 2.68. The minimum absolute atomic E-state index is 0.0162. The normalized spacial score (nSPS) is 18.8. The molecule has 0 unspecified atom stereocenters. The SMILES string of the molecule is CC(C)CN1CCN(C(=O)c2cc([N+](=O)[O-])ccc2N2CCCCC2)CC1. The van der Waals surface area contributed by atoms with Crippen LogP contribution in [0.3, 0.4) is 0 Å². The van der Waals surface area contributed by atoms with E-state index in [-0.39, 0.29) is 11.6 Å². The molecule has 148 valence electrons. The molecule has 0 radical (unpaired) electrons. The first-order valence-electron chi connectivity index (χ1n) is 10.0. The Morgan fingerprint density at radius 1 is 1.07 bits per heavy atom. The standard InChI is InChI=1S/C20H30N4O3/c1-16(2)15-21-10-12-23(13-11-21)20(25)18-14-17(24(26)27)6-7-19(18)22-8-4-3-5-9-22/h6-7,14,16H,3-5,8-13,15H2,1-2H3. The zero-order valence-electron chi connectivity index (χ0n) is 16.4. The Kier molecular flexibility index (Phi) is 6.31. The number of hydrogen-bond donors (Lipinski definition) is 0. The second kappa shape index (κ2) is 8.69. The minimum atomic E-state index is -0.419. The maximum absolute atomic E-state index is 13.2. The Bertz CT molecular complexity index is 678. The first-order chi connectivity index (χ1) is 13.0. The summed E-state index contributed by atoms with van der Waals surface area (Å²) in [7, 11) is 0. The van der Waals surface area contributed by atoms with E-state index in [2.05, 4.69) is 23.6 Å². The number of piperazine rings is 1. The number of nitro benzene ring substituents is 1. The largest absolute Gasteiger partial charge is 0.371 e. The number of nitro groups is 1. The van der Waals surface area contributed by atoms with E-state index in [9.17, 15) is 14.9 Å². The van der Waals surface area contributed by atoms with E-state index < -0.39 is 4.92 Å². The fourth-order valence-corrected chi connectivity index (χ4v) is 4.04. The topological polar surface area (TPSA) is 69.9 Å². The highest BCUT2D eigenvalue weighted by Crippen LogP contribution is 2.29. The summed E-state index contributed by atoms with van der Waals surface area (Å²) < 4.78 is 0. The molecule has 2 saturated heterocycles. The lowest BCUT2D eigenvalue weighted by Gasteiger charge is -2.36. The molecule has 0 aliphatic carbocycles. The van der Waals surface area contributed by atoms with Crippen molar-refractivity contribution in [2.45, 2.75) is 33.1 Å². The molecule has 0 bridgehead atoms. The third-order valence-corrected chi connectivity index (χ3v) is 5.40. The van der Waals surface area contributed by atoms with Gasteiger partial charge in [0.1, 0.15) is 0 Å². The predicted octanol–water partition coefficient (Wildman–Crippen LogP) is 3.00. The lowest BCUT2D eigenvalue weighted by atomic mass is 10.0. The van der Waals surface area contributed by atoms with Crippen LogP contribution in [0.4, 0.5) is 11.4 Å². The monoisotopic (exact) mass is 374 g/mol. The number of carbonyl (C=O) groups excluding carboxylic acids is 1. The number of benzene rings is 1. The lowest BCUT2D eigenvalue weighted by molar-refractivity contribution is -0.384. The fraction of sp³-hybridized carbons (Fsp3) is 0.650. The van der Waals surface area contributed by atoms with Gasteiger partial charge in [-0.2, -0.15) is 0 Å². The highest BCUT2D eigenvalue weighted by Gasteiger charge is 2.27. The summed E-state index contributed by atoms with van der Waals surface area (Å²) in [5, 5.41) is 11.2. The van der Waals surface area contributed by atoms with Gasteiger partial charge in [-0.25, -0.2) is 0 Å². The quantitative estimate of drug-likeness (QED) is 0.585. The Morgan fingerprint density at radius 2 is 1.74 bits per heavy atom. The molecule has 2 heterocycles. The van der Waals surface area contributed by atoms with Crippen molar-refractivity contribution in [2.24, 2.45) is 5.92 Å². The number of rotatable bonds is 5. The smallest absolute Gasteiger partial charge is 0.270 e. The van der Waals surface area contributed by atoms with Crippen molar-refractivity contribution in [3.05, 3.63) is 33.9 Å². The molecule has 0 aromatic heterocycles. The van der Waals surface area contributed by atoms with Crippen LogP contribution in [-0.2, 0) is 0 Å². The number of amides is 1. The molecule has 1 aromatic rings. The first-order valence-corrected chi connectivity index (χ1v) is 10.0. The molecule has 7 heteroatoms. The number of piperidine rings is 1. The van der Waals surface area contributed by atoms with E-state index in [0.29, 0.717) is 24.6 Å². The molecule has 0 N–H and O–H groups in total. The van der Waals surface area contributed by atoms with Crippen molar-refractivity contribution in [3.8, 4) is 0 Å². The Morgan fingerprint density at radius 3 is 2.33 bits per heavy atom. The van der Waals surface area contributed by atoms with Gasteiger partial charge in [0.05, 0.1) is 16.2 Å². The molecule has 1 amide bonds. The van der Waals surface area contributed by atoms with E-state index >= 15 is 0 Å². The molecule has 0 atom stereocenters. The molecule has 2 aliphatic heterocycles. The van der Waals surface area contributed by atoms with Crippen molar-refractivity contribution >= 4 is 17.3 Å². The van der Waals surface area contributed by atoms with E-state index in [1.807, 2.05) is 4.90 Å². The van der Waals surface area contributed by atoms with Crippen LogP contribution in [0, 0.1) is 16.0 Å². The highest BCUT2D eigenvalue weighted by molar-refractivity contribution is 6.00. The maximum Gasteiger partial charge on any atom is 0.270 e. The lowest BCUT2D eigenvalue weighted by Crippen LogP contribution is -2.49. The van der Waals surface area contributed by atoms with Gasteiger partial charge in [0.2, 0.25) is 0 Å². The molecule has 0 saturated carbocycles. The predicted molar refractivity (Wildman–Crippen MR) is 106 cm³/mol. The zero-order valence-corrected chi connectivity index (χ0v) is 16.4. The van der Waals surface area contributed by atoms with Crippen molar-refractivity contribution in [1.82, 2.24) is 9.80 Å². The zero-order chi connectivity index (χ0) is 19.4. The number of nitrogens with zero attached hydrogens (tertiary/aromatic N) is 4. The summed E-state index contributed by atoms with van der Waals surface area (Å²) in [4.78, 5) is 30.5. The molecule has 3 rings (SSSR count). The molecule has 0 spiro atoms. The summed E-state index contributed by atoms with van der Waals surface area (Å²) in [6, 6.07) is 4.74. The summed E-state index contributed by atoms with van der Waals surface area (Å²) in [6.07, 6.45) is 3.39. The van der Waals surface area contributed by atoms with Crippen LogP contribution in [0.2, 0.25) is 0 Å². The van der Waals surface area contributed by atoms with Crippen LogP contribution in [-0.4, -0.2) is 66.4 Å². The van der Waals surface area contributed by atoms with E-state index in [4.69, 9.17) is 0 Å². The number of non-ortho nitro benzene ring substituents is 1. The first kappa shape index (κ1) is 19.6. The van der Waals surface area contributed by atoms with Gasteiger partial charge in [0.15, 0.2) is 0 Å². The summed E-state index contributed by atoms with van der Waals surface area (Å²) in [6.45, 7) is 10.3. The Labute approximate surface area is 161 Å². The summed E-state index contributed by atoms with van der Waals surface area (Å²) in [5.74, 6) is 0.526. The highest BCUT2D eigenvalue weighted by atomic mass is 16.6. The van der Waals surface area contributed by atoms with Gasteiger partial charge in [-0.05, 0) is 31.2 Å². The van der Waals surface area contributed by atoms with Crippen molar-refractivity contribution in [1.29, 1.82) is 0 Å². The van der Waals surface area contributed by atoms with Crippen LogP contribution in [0.5, 0.6) is 0 Å². The van der Waals surface area contributed by atoms with Crippen molar-refractivity contribution < 1.29 is 9.72 Å². The van der Waals surface area contributed by atoms with Crippen LogP contribution < -0.4 is 4.90 Å². The minimum Gasteiger partial charge on any atom is -0.371 e. The maximum atomic E-state index is 13.2. The van der Waals surface area contributed by atoms with Gasteiger partial charge in [0.25, 0.3) is 11.6 Å². The molecule has 2 fully saturated rings. The average molecular weight is 374 g/mol. The summed E-state index contributed by atoms with van der Waals surface area (Å²) in [5.41, 5.74) is 1.30. The second-order valence-electron chi connectivity index (χ2n) is 7.99. The number of hydrogen-bond acceptors (Lipinski definition) is 5. The second-order valence-corrected chi connectivity index (χ2v) is 7.99. The van der Waals surface area contributed by atoms with Crippen LogP contribution in [0.15, 0.2) is 18.2 Å². The van der Waals surface area contributed by atoms with Crippen molar-refractivity contribution in [3.63, 3.8) is 0 Å². The molecule has 7 nitrogen and oxygen atoms in total. The molecule has 2 aliphatic rings. The van der Waals surface area contributed by atoms with Gasteiger partial charge < -0.3 is 9.80 Å². The molecule has 1 aromatic carbocycles. The van der Waals surface area contributed by atoms with Gasteiger partial charge in [-0.15, -0.1) is 0 Å². The Hall–Kier alpha value is -2.15. The van der Waals surface area contributed by atoms with Crippen LogP contribution in [0.1, 0.15) is 43.5 Å². The van der Waals surface area contributed by atoms with E-state index in [0.717, 1.165) is 51.3 Å². The van der Waals surface area contributed by atoms with Crippen LogP contribution >= 0.6 is 0 Å². The van der Waals surface area contributed by atoms with Gasteiger partial charge in [-0.3, -0.25) is 19.8 Å². The van der Waals surface area contributed by atoms with Crippen molar-refractivity contribution in [2.75, 3.05) is 50.7 Å². The van der Waals surface area contributed by atoms with Gasteiger partial charge in [-0.1, -0.05) is 13.8 Å². The molecule has 27 heavy (non-hydrogen) atoms. The van der Waals surface area contributed by atoms with Crippen LogP contribution in [0.25, 0.3) is 0 Å². The summed E-state index contributed by atoms with van der Waals surface area (Å²) >= 11 is 0. The molecular formula is C20H30N4O3. The van der Waals surface area contributed by atoms with Gasteiger partial charge >= 0.3 is 0 Å². The van der Waals surface area contributed by atoms with E-state index in [1.54, 1.807) is 6.07 Å². The third-order valence-electron chi connectivity index (χ3n) is 5.40. The van der Waals surface area contributed by atoms with E-state index in [1.165, 1.54) is 18.6 Å². The third kappa shape index (κ3) is 4.77. The number of anilines is 1. The number of carbonyl (C=O) groups is 1.